The molecule has 0 aliphatic carbocycles. The van der Waals surface area contributed by atoms with E-state index in [-0.39, 0.29) is 12.3 Å². The summed E-state index contributed by atoms with van der Waals surface area (Å²) in [4.78, 5) is 12.0. The minimum absolute atomic E-state index is 0.307. The first kappa shape index (κ1) is 15.8. The molecule has 5 heteroatoms. The van der Waals surface area contributed by atoms with Gasteiger partial charge in [0, 0.05) is 5.56 Å². The Bertz CT molecular complexity index is 498. The summed E-state index contributed by atoms with van der Waals surface area (Å²) in [5, 5.41) is 0. The topological polar surface area (TPSA) is 54.0 Å². The number of hydrogen-bond donors (Lipinski definition) is 0. The van der Waals surface area contributed by atoms with E-state index in [0.29, 0.717) is 24.7 Å². The van der Waals surface area contributed by atoms with Gasteiger partial charge in [-0.25, -0.2) is 0 Å². The molecular formula is C16H22O5. The van der Waals surface area contributed by atoms with Crippen LogP contribution in [0, 0.1) is 5.41 Å². The maximum Gasteiger partial charge on any atom is 0.316 e. The van der Waals surface area contributed by atoms with Crippen molar-refractivity contribution in [3.8, 4) is 11.5 Å². The maximum absolute atomic E-state index is 12.0. The van der Waals surface area contributed by atoms with E-state index in [9.17, 15) is 4.79 Å². The van der Waals surface area contributed by atoms with Crippen molar-refractivity contribution in [1.82, 2.24) is 0 Å². The summed E-state index contributed by atoms with van der Waals surface area (Å²) in [5.41, 5.74) is 0.279. The second-order valence-corrected chi connectivity index (χ2v) is 5.98. The van der Waals surface area contributed by atoms with E-state index in [1.54, 1.807) is 32.9 Å². The molecule has 1 aromatic rings. The number of carbonyl (C=O) groups excluding carboxylic acids is 1. The molecule has 21 heavy (non-hydrogen) atoms. The molecule has 0 spiro atoms. The quantitative estimate of drug-likeness (QED) is 0.633. The maximum atomic E-state index is 12.0. The molecule has 0 amide bonds. The third-order valence-corrected chi connectivity index (χ3v) is 3.10. The first-order valence-electron chi connectivity index (χ1n) is 7.05. The zero-order valence-electron chi connectivity index (χ0n) is 13.0. The van der Waals surface area contributed by atoms with Gasteiger partial charge in [-0.15, -0.1) is 0 Å². The van der Waals surface area contributed by atoms with Crippen LogP contribution in [0.15, 0.2) is 18.2 Å². The summed E-state index contributed by atoms with van der Waals surface area (Å²) in [6.07, 6.45) is 0.509. The molecule has 0 bridgehead atoms. The van der Waals surface area contributed by atoms with E-state index in [4.69, 9.17) is 18.9 Å². The van der Waals surface area contributed by atoms with Crippen LogP contribution in [0.1, 0.15) is 39.0 Å². The summed E-state index contributed by atoms with van der Waals surface area (Å²) < 4.78 is 21.8. The Kier molecular flexibility index (Phi) is 4.85. The number of carbonyl (C=O) groups is 1. The summed E-state index contributed by atoms with van der Waals surface area (Å²) in [5.74, 6) is 0.582. The Balaban J connectivity index is 2.18. The highest BCUT2D eigenvalue weighted by Crippen LogP contribution is 2.34. The smallest absolute Gasteiger partial charge is 0.316 e. The molecule has 1 heterocycles. The zero-order chi connectivity index (χ0) is 15.5. The summed E-state index contributed by atoms with van der Waals surface area (Å²) in [6, 6.07) is 5.31. The largest absolute Gasteiger partial charge is 0.493 e. The van der Waals surface area contributed by atoms with Crippen molar-refractivity contribution in [1.29, 1.82) is 0 Å². The van der Waals surface area contributed by atoms with Gasteiger partial charge in [0.1, 0.15) is 0 Å². The Labute approximate surface area is 125 Å². The van der Waals surface area contributed by atoms with Gasteiger partial charge in [0.05, 0.1) is 25.7 Å². The van der Waals surface area contributed by atoms with Crippen molar-refractivity contribution < 1.29 is 23.7 Å². The highest BCUT2D eigenvalue weighted by Gasteiger charge is 2.25. The number of rotatable bonds is 3. The van der Waals surface area contributed by atoms with E-state index in [2.05, 4.69) is 0 Å². The van der Waals surface area contributed by atoms with Crippen molar-refractivity contribution in [2.75, 3.05) is 20.3 Å². The Morgan fingerprint density at radius 2 is 1.86 bits per heavy atom. The molecular weight excluding hydrogens is 272 g/mol. The zero-order valence-corrected chi connectivity index (χ0v) is 13.0. The summed E-state index contributed by atoms with van der Waals surface area (Å²) in [6.45, 7) is 6.77. The van der Waals surface area contributed by atoms with Crippen molar-refractivity contribution in [3.63, 3.8) is 0 Å². The SMILES string of the molecule is COc1cc(C2OCCCO2)ccc1OC(=O)C(C)(C)C. The fourth-order valence-corrected chi connectivity index (χ4v) is 1.85. The van der Waals surface area contributed by atoms with Crippen molar-refractivity contribution in [3.05, 3.63) is 23.8 Å². The van der Waals surface area contributed by atoms with E-state index < -0.39 is 5.41 Å². The second-order valence-electron chi connectivity index (χ2n) is 5.98. The van der Waals surface area contributed by atoms with Gasteiger partial charge in [-0.1, -0.05) is 0 Å². The average Bonchev–Trinajstić information content (AvgIpc) is 2.47. The Morgan fingerprint density at radius 1 is 1.19 bits per heavy atom. The number of hydrogen-bond acceptors (Lipinski definition) is 5. The van der Waals surface area contributed by atoms with Crippen LogP contribution in [0.3, 0.4) is 0 Å². The lowest BCUT2D eigenvalue weighted by Gasteiger charge is -2.24. The molecule has 1 aliphatic heterocycles. The molecule has 1 aliphatic rings. The monoisotopic (exact) mass is 294 g/mol. The molecule has 2 rings (SSSR count). The van der Waals surface area contributed by atoms with E-state index in [1.807, 2.05) is 6.07 Å². The Morgan fingerprint density at radius 3 is 2.43 bits per heavy atom. The van der Waals surface area contributed by atoms with Crippen LogP contribution in [0.5, 0.6) is 11.5 Å². The van der Waals surface area contributed by atoms with Crippen molar-refractivity contribution in [2.24, 2.45) is 5.41 Å². The number of ether oxygens (including phenoxy) is 4. The number of benzene rings is 1. The minimum atomic E-state index is -0.570. The third-order valence-electron chi connectivity index (χ3n) is 3.10. The lowest BCUT2D eigenvalue weighted by Crippen LogP contribution is -2.25. The van der Waals surface area contributed by atoms with Crippen LogP contribution in [0.25, 0.3) is 0 Å². The highest BCUT2D eigenvalue weighted by atomic mass is 16.7. The van der Waals surface area contributed by atoms with Gasteiger partial charge in [-0.3, -0.25) is 4.79 Å². The second kappa shape index (κ2) is 6.45. The van der Waals surface area contributed by atoms with E-state index >= 15 is 0 Å². The standard InChI is InChI=1S/C16H22O5/c1-16(2,3)15(17)21-12-7-6-11(10-13(12)18-4)14-19-8-5-9-20-14/h6-7,10,14H,5,8-9H2,1-4H3. The fourth-order valence-electron chi connectivity index (χ4n) is 1.85. The van der Waals surface area contributed by atoms with Gasteiger partial charge in [-0.2, -0.15) is 0 Å². The van der Waals surface area contributed by atoms with Crippen LogP contribution in [0.4, 0.5) is 0 Å². The molecule has 0 N–H and O–H groups in total. The fraction of sp³-hybridized carbons (Fsp3) is 0.562. The lowest BCUT2D eigenvalue weighted by molar-refractivity contribution is -0.183. The molecule has 0 radical (unpaired) electrons. The third kappa shape index (κ3) is 3.95. The van der Waals surface area contributed by atoms with Crippen molar-refractivity contribution in [2.45, 2.75) is 33.5 Å². The van der Waals surface area contributed by atoms with Crippen LogP contribution >= 0.6 is 0 Å². The summed E-state index contributed by atoms with van der Waals surface area (Å²) in [7, 11) is 1.54. The Hall–Kier alpha value is -1.59. The number of methoxy groups -OCH3 is 1. The molecule has 0 saturated carbocycles. The van der Waals surface area contributed by atoms with E-state index in [0.717, 1.165) is 12.0 Å². The first-order valence-corrected chi connectivity index (χ1v) is 7.05. The van der Waals surface area contributed by atoms with Gasteiger partial charge in [0.2, 0.25) is 0 Å². The lowest BCUT2D eigenvalue weighted by atomic mass is 9.97. The molecule has 0 aromatic heterocycles. The molecule has 1 fully saturated rings. The van der Waals surface area contributed by atoms with Crippen LogP contribution in [-0.2, 0) is 14.3 Å². The molecule has 0 unspecified atom stereocenters. The molecule has 1 saturated heterocycles. The molecule has 0 atom stereocenters. The van der Waals surface area contributed by atoms with Gasteiger partial charge in [0.25, 0.3) is 0 Å². The van der Waals surface area contributed by atoms with Gasteiger partial charge in [-0.05, 0) is 45.4 Å². The van der Waals surface area contributed by atoms with Gasteiger partial charge >= 0.3 is 5.97 Å². The number of esters is 1. The summed E-state index contributed by atoms with van der Waals surface area (Å²) >= 11 is 0. The normalized spacial score (nSPS) is 16.6. The highest BCUT2D eigenvalue weighted by molar-refractivity contribution is 5.78. The molecule has 5 nitrogen and oxygen atoms in total. The van der Waals surface area contributed by atoms with Gasteiger partial charge in [0.15, 0.2) is 17.8 Å². The van der Waals surface area contributed by atoms with Crippen LogP contribution < -0.4 is 9.47 Å². The van der Waals surface area contributed by atoms with Crippen LogP contribution in [-0.4, -0.2) is 26.3 Å². The van der Waals surface area contributed by atoms with Gasteiger partial charge < -0.3 is 18.9 Å². The average molecular weight is 294 g/mol. The van der Waals surface area contributed by atoms with Crippen molar-refractivity contribution >= 4 is 5.97 Å². The predicted molar refractivity (Wildman–Crippen MR) is 77.3 cm³/mol. The molecule has 1 aromatic carbocycles. The van der Waals surface area contributed by atoms with Crippen LogP contribution in [0.2, 0.25) is 0 Å². The molecule has 116 valence electrons. The first-order chi connectivity index (χ1) is 9.91. The van der Waals surface area contributed by atoms with E-state index in [1.165, 1.54) is 7.11 Å². The predicted octanol–water partition coefficient (Wildman–Crippen LogP) is 3.08. The minimum Gasteiger partial charge on any atom is -0.493 e.